The van der Waals surface area contributed by atoms with Crippen LogP contribution in [0.3, 0.4) is 0 Å². The lowest BCUT2D eigenvalue weighted by molar-refractivity contribution is -0.125. The summed E-state index contributed by atoms with van der Waals surface area (Å²) in [4.78, 5) is 16.2. The molecule has 0 aliphatic carbocycles. The van der Waals surface area contributed by atoms with E-state index >= 15 is 0 Å². The van der Waals surface area contributed by atoms with Crippen molar-refractivity contribution >= 4 is 23.2 Å². The molecule has 2 aromatic rings. The van der Waals surface area contributed by atoms with Crippen molar-refractivity contribution in [2.75, 3.05) is 18.0 Å². The average molecular weight is 365 g/mol. The van der Waals surface area contributed by atoms with E-state index in [9.17, 15) is 13.6 Å². The molecule has 0 radical (unpaired) electrons. The number of rotatable bonds is 3. The number of amides is 1. The van der Waals surface area contributed by atoms with Gasteiger partial charge in [-0.1, -0.05) is 23.7 Å². The van der Waals surface area contributed by atoms with Crippen molar-refractivity contribution in [2.45, 2.75) is 26.4 Å². The standard InChI is InChI=1S/C19H19ClF2N2O/c1-12-6-7-14(10-16(12)20)24-9-8-23(13(2)19(24)25)11-15-17(21)4-3-5-18(15)22/h3-7,10,13H,8-9,11H2,1-2H3/t13-/m0/s1. The van der Waals surface area contributed by atoms with Crippen LogP contribution >= 0.6 is 11.6 Å². The zero-order valence-electron chi connectivity index (χ0n) is 14.1. The van der Waals surface area contributed by atoms with E-state index in [0.717, 1.165) is 11.3 Å². The number of aryl methyl sites for hydroxylation is 1. The number of anilines is 1. The second-order valence-electron chi connectivity index (χ2n) is 6.27. The van der Waals surface area contributed by atoms with Crippen LogP contribution in [0, 0.1) is 18.6 Å². The monoisotopic (exact) mass is 364 g/mol. The summed E-state index contributed by atoms with van der Waals surface area (Å²) in [7, 11) is 0. The van der Waals surface area contributed by atoms with Gasteiger partial charge in [0.1, 0.15) is 11.6 Å². The quantitative estimate of drug-likeness (QED) is 0.816. The molecule has 1 amide bonds. The molecule has 0 unspecified atom stereocenters. The summed E-state index contributed by atoms with van der Waals surface area (Å²) in [5.41, 5.74) is 1.68. The highest BCUT2D eigenvalue weighted by Crippen LogP contribution is 2.27. The first-order chi connectivity index (χ1) is 11.9. The van der Waals surface area contributed by atoms with Gasteiger partial charge in [-0.3, -0.25) is 9.69 Å². The highest BCUT2D eigenvalue weighted by molar-refractivity contribution is 6.31. The Morgan fingerprint density at radius 2 is 1.84 bits per heavy atom. The lowest BCUT2D eigenvalue weighted by Gasteiger charge is -2.39. The lowest BCUT2D eigenvalue weighted by atomic mass is 10.1. The van der Waals surface area contributed by atoms with Crippen molar-refractivity contribution in [3.63, 3.8) is 0 Å². The maximum absolute atomic E-state index is 13.9. The van der Waals surface area contributed by atoms with Gasteiger partial charge in [-0.15, -0.1) is 0 Å². The van der Waals surface area contributed by atoms with Crippen LogP contribution in [-0.4, -0.2) is 29.9 Å². The zero-order chi connectivity index (χ0) is 18.1. The molecule has 1 heterocycles. The molecule has 3 nitrogen and oxygen atoms in total. The summed E-state index contributed by atoms with van der Waals surface area (Å²) in [5, 5.41) is 0.605. The molecule has 25 heavy (non-hydrogen) atoms. The van der Waals surface area contributed by atoms with Crippen LogP contribution in [0.2, 0.25) is 5.02 Å². The van der Waals surface area contributed by atoms with E-state index in [-0.39, 0.29) is 18.0 Å². The van der Waals surface area contributed by atoms with E-state index in [2.05, 4.69) is 0 Å². The molecule has 1 saturated heterocycles. The molecule has 3 rings (SSSR count). The van der Waals surface area contributed by atoms with Crippen LogP contribution in [0.5, 0.6) is 0 Å². The maximum atomic E-state index is 13.9. The third-order valence-corrected chi connectivity index (χ3v) is 5.08. The minimum atomic E-state index is -0.590. The number of hydrogen-bond donors (Lipinski definition) is 0. The van der Waals surface area contributed by atoms with Crippen molar-refractivity contribution < 1.29 is 13.6 Å². The van der Waals surface area contributed by atoms with Crippen LogP contribution in [0.15, 0.2) is 36.4 Å². The molecule has 0 saturated carbocycles. The number of nitrogens with zero attached hydrogens (tertiary/aromatic N) is 2. The summed E-state index contributed by atoms with van der Waals surface area (Å²) in [5.74, 6) is -1.29. The van der Waals surface area contributed by atoms with Gasteiger partial charge in [0, 0.05) is 35.9 Å². The van der Waals surface area contributed by atoms with Crippen molar-refractivity contribution in [1.29, 1.82) is 0 Å². The molecular weight excluding hydrogens is 346 g/mol. The summed E-state index contributed by atoms with van der Waals surface area (Å²) in [6, 6.07) is 8.82. The number of hydrogen-bond acceptors (Lipinski definition) is 2. The largest absolute Gasteiger partial charge is 0.310 e. The molecule has 1 aliphatic heterocycles. The van der Waals surface area contributed by atoms with Gasteiger partial charge >= 0.3 is 0 Å². The molecule has 1 aliphatic rings. The summed E-state index contributed by atoms with van der Waals surface area (Å²) < 4.78 is 27.8. The third-order valence-electron chi connectivity index (χ3n) is 4.67. The fourth-order valence-electron chi connectivity index (χ4n) is 3.02. The van der Waals surface area contributed by atoms with Crippen LogP contribution in [0.4, 0.5) is 14.5 Å². The van der Waals surface area contributed by atoms with Gasteiger partial charge in [-0.05, 0) is 43.7 Å². The van der Waals surface area contributed by atoms with Crippen molar-refractivity contribution in [1.82, 2.24) is 4.90 Å². The van der Waals surface area contributed by atoms with Crippen LogP contribution < -0.4 is 4.90 Å². The lowest BCUT2D eigenvalue weighted by Crippen LogP contribution is -2.55. The number of benzene rings is 2. The second-order valence-corrected chi connectivity index (χ2v) is 6.68. The first-order valence-corrected chi connectivity index (χ1v) is 8.50. The van der Waals surface area contributed by atoms with Crippen LogP contribution in [0.1, 0.15) is 18.1 Å². The zero-order valence-corrected chi connectivity index (χ0v) is 14.9. The number of halogens is 3. The van der Waals surface area contributed by atoms with Gasteiger partial charge in [0.25, 0.3) is 0 Å². The van der Waals surface area contributed by atoms with E-state index in [4.69, 9.17) is 11.6 Å². The summed E-state index contributed by atoms with van der Waals surface area (Å²) in [6.07, 6.45) is 0. The van der Waals surface area contributed by atoms with Crippen LogP contribution in [0.25, 0.3) is 0 Å². The highest BCUT2D eigenvalue weighted by atomic mass is 35.5. The Labute approximate surface area is 150 Å². The summed E-state index contributed by atoms with van der Waals surface area (Å²) in [6.45, 7) is 4.68. The molecule has 0 aromatic heterocycles. The first kappa shape index (κ1) is 17.8. The van der Waals surface area contributed by atoms with Gasteiger partial charge in [0.15, 0.2) is 0 Å². The molecule has 0 spiro atoms. The Kier molecular flexibility index (Phi) is 5.06. The average Bonchev–Trinajstić information content (AvgIpc) is 2.58. The normalized spacial score (nSPS) is 18.7. The van der Waals surface area contributed by atoms with Crippen LogP contribution in [-0.2, 0) is 11.3 Å². The minimum Gasteiger partial charge on any atom is -0.310 e. The fraction of sp³-hybridized carbons (Fsp3) is 0.316. The van der Waals surface area contributed by atoms with Gasteiger partial charge in [0.2, 0.25) is 5.91 Å². The molecule has 2 aromatic carbocycles. The first-order valence-electron chi connectivity index (χ1n) is 8.13. The predicted octanol–water partition coefficient (Wildman–Crippen LogP) is 4.16. The molecule has 6 heteroatoms. The van der Waals surface area contributed by atoms with E-state index < -0.39 is 17.7 Å². The molecule has 0 bridgehead atoms. The molecular formula is C19H19ClF2N2O. The second kappa shape index (κ2) is 7.10. The van der Waals surface area contributed by atoms with Gasteiger partial charge in [-0.25, -0.2) is 8.78 Å². The number of carbonyl (C=O) groups excluding carboxylic acids is 1. The van der Waals surface area contributed by atoms with E-state index in [0.29, 0.717) is 18.1 Å². The van der Waals surface area contributed by atoms with Crippen molar-refractivity contribution in [3.8, 4) is 0 Å². The number of piperazine rings is 1. The predicted molar refractivity (Wildman–Crippen MR) is 94.8 cm³/mol. The van der Waals surface area contributed by atoms with Crippen molar-refractivity contribution in [2.24, 2.45) is 0 Å². The third kappa shape index (κ3) is 3.53. The van der Waals surface area contributed by atoms with E-state index in [1.165, 1.54) is 18.2 Å². The van der Waals surface area contributed by atoms with Gasteiger partial charge < -0.3 is 4.90 Å². The molecule has 0 N–H and O–H groups in total. The highest BCUT2D eigenvalue weighted by Gasteiger charge is 2.33. The van der Waals surface area contributed by atoms with E-state index in [1.54, 1.807) is 22.8 Å². The van der Waals surface area contributed by atoms with Gasteiger partial charge in [-0.2, -0.15) is 0 Å². The Morgan fingerprint density at radius 1 is 1.16 bits per heavy atom. The molecule has 132 valence electrons. The maximum Gasteiger partial charge on any atom is 0.244 e. The Morgan fingerprint density at radius 3 is 2.48 bits per heavy atom. The van der Waals surface area contributed by atoms with Crippen molar-refractivity contribution in [3.05, 3.63) is 64.2 Å². The Bertz CT molecular complexity index is 792. The smallest absolute Gasteiger partial charge is 0.244 e. The number of carbonyl (C=O) groups is 1. The SMILES string of the molecule is Cc1ccc(N2CCN(Cc3c(F)cccc3F)[C@@H](C)C2=O)cc1Cl. The minimum absolute atomic E-state index is 0.00557. The fourth-order valence-corrected chi connectivity index (χ4v) is 3.20. The van der Waals surface area contributed by atoms with Gasteiger partial charge in [0.05, 0.1) is 6.04 Å². The topological polar surface area (TPSA) is 23.6 Å². The van der Waals surface area contributed by atoms with E-state index in [1.807, 2.05) is 19.1 Å². The molecule has 1 atom stereocenters. The Balaban J connectivity index is 1.78. The Hall–Kier alpha value is -1.98. The summed E-state index contributed by atoms with van der Waals surface area (Å²) >= 11 is 6.16. The molecule has 1 fully saturated rings.